The van der Waals surface area contributed by atoms with Crippen molar-refractivity contribution in [1.29, 1.82) is 0 Å². The molecule has 0 aliphatic rings. The number of aromatic hydroxyl groups is 1. The quantitative estimate of drug-likeness (QED) is 0.883. The first kappa shape index (κ1) is 14.7. The second-order valence-electron chi connectivity index (χ2n) is 4.59. The van der Waals surface area contributed by atoms with Crippen molar-refractivity contribution in [2.75, 3.05) is 7.11 Å². The number of aliphatic hydroxyl groups is 1. The average molecular weight is 293 g/mol. The van der Waals surface area contributed by atoms with Crippen LogP contribution in [0.2, 0.25) is 5.02 Å². The van der Waals surface area contributed by atoms with Gasteiger partial charge in [0.2, 0.25) is 0 Å². The Labute approximate surface area is 123 Å². The van der Waals surface area contributed by atoms with E-state index in [2.05, 4.69) is 0 Å². The normalized spacial score (nSPS) is 12.2. The smallest absolute Gasteiger partial charge is 0.176 e. The molecule has 0 spiro atoms. The lowest BCUT2D eigenvalue weighted by atomic mass is 10.0. The minimum Gasteiger partial charge on any atom is -0.503 e. The van der Waals surface area contributed by atoms with Crippen LogP contribution in [0.3, 0.4) is 0 Å². The van der Waals surface area contributed by atoms with Gasteiger partial charge in [0.15, 0.2) is 11.5 Å². The van der Waals surface area contributed by atoms with Gasteiger partial charge in [0.25, 0.3) is 0 Å². The zero-order chi connectivity index (χ0) is 14.5. The highest BCUT2D eigenvalue weighted by Gasteiger charge is 2.11. The van der Waals surface area contributed by atoms with Crippen molar-refractivity contribution in [1.82, 2.24) is 0 Å². The third-order valence-electron chi connectivity index (χ3n) is 3.20. The zero-order valence-corrected chi connectivity index (χ0v) is 12.0. The number of rotatable bonds is 5. The molecular formula is C16H17ClO3. The summed E-state index contributed by atoms with van der Waals surface area (Å²) >= 11 is 5.94. The lowest BCUT2D eigenvalue weighted by molar-refractivity contribution is 0.168. The number of methoxy groups -OCH3 is 1. The Morgan fingerprint density at radius 1 is 1.20 bits per heavy atom. The van der Waals surface area contributed by atoms with Gasteiger partial charge in [-0.05, 0) is 36.1 Å². The molecule has 0 amide bonds. The number of aliphatic hydroxyl groups excluding tert-OH is 1. The maximum absolute atomic E-state index is 10.1. The predicted octanol–water partition coefficient (Wildman–Crippen LogP) is 3.72. The van der Waals surface area contributed by atoms with Crippen LogP contribution in [0, 0.1) is 0 Å². The summed E-state index contributed by atoms with van der Waals surface area (Å²) in [5, 5.41) is 20.0. The Morgan fingerprint density at radius 3 is 2.55 bits per heavy atom. The van der Waals surface area contributed by atoms with Crippen molar-refractivity contribution < 1.29 is 14.9 Å². The Kier molecular flexibility index (Phi) is 4.88. The molecule has 0 saturated heterocycles. The van der Waals surface area contributed by atoms with Crippen LogP contribution in [0.15, 0.2) is 42.5 Å². The Morgan fingerprint density at radius 2 is 1.90 bits per heavy atom. The fourth-order valence-corrected chi connectivity index (χ4v) is 2.31. The van der Waals surface area contributed by atoms with E-state index in [0.717, 1.165) is 11.1 Å². The summed E-state index contributed by atoms with van der Waals surface area (Å²) in [4.78, 5) is 0. The van der Waals surface area contributed by atoms with Gasteiger partial charge < -0.3 is 14.9 Å². The van der Waals surface area contributed by atoms with Gasteiger partial charge in [-0.2, -0.15) is 0 Å². The van der Waals surface area contributed by atoms with Gasteiger partial charge in [-0.1, -0.05) is 41.9 Å². The van der Waals surface area contributed by atoms with Gasteiger partial charge in [-0.3, -0.25) is 0 Å². The molecule has 4 heteroatoms. The van der Waals surface area contributed by atoms with E-state index < -0.39 is 6.10 Å². The van der Waals surface area contributed by atoms with Crippen LogP contribution < -0.4 is 4.74 Å². The molecule has 2 aromatic carbocycles. The highest BCUT2D eigenvalue weighted by molar-refractivity contribution is 6.32. The van der Waals surface area contributed by atoms with Gasteiger partial charge in [-0.15, -0.1) is 0 Å². The molecule has 0 heterocycles. The van der Waals surface area contributed by atoms with Gasteiger partial charge in [0.1, 0.15) is 0 Å². The first-order valence-corrected chi connectivity index (χ1v) is 6.78. The molecule has 0 aromatic heterocycles. The van der Waals surface area contributed by atoms with E-state index >= 15 is 0 Å². The first-order valence-electron chi connectivity index (χ1n) is 6.40. The molecule has 3 nitrogen and oxygen atoms in total. The number of phenols is 1. The average Bonchev–Trinajstić information content (AvgIpc) is 2.48. The van der Waals surface area contributed by atoms with Crippen molar-refractivity contribution in [3.8, 4) is 11.5 Å². The van der Waals surface area contributed by atoms with E-state index in [1.807, 2.05) is 30.3 Å². The number of halogens is 1. The third-order valence-corrected chi connectivity index (χ3v) is 3.49. The summed E-state index contributed by atoms with van der Waals surface area (Å²) in [6.07, 6.45) is 0.704. The van der Waals surface area contributed by atoms with Crippen LogP contribution in [0.25, 0.3) is 0 Å². The minimum atomic E-state index is -0.519. The molecule has 0 bridgehead atoms. The molecule has 2 N–H and O–H groups in total. The van der Waals surface area contributed by atoms with E-state index in [1.54, 1.807) is 12.1 Å². The molecule has 106 valence electrons. The number of hydrogen-bond acceptors (Lipinski definition) is 3. The highest BCUT2D eigenvalue weighted by atomic mass is 35.5. The van der Waals surface area contributed by atoms with E-state index in [-0.39, 0.29) is 10.8 Å². The number of phenolic OH excluding ortho intramolecular Hbond substituents is 1. The monoisotopic (exact) mass is 292 g/mol. The van der Waals surface area contributed by atoms with E-state index in [4.69, 9.17) is 16.3 Å². The van der Waals surface area contributed by atoms with Crippen molar-refractivity contribution in [2.24, 2.45) is 0 Å². The van der Waals surface area contributed by atoms with Crippen LogP contribution in [0.1, 0.15) is 23.7 Å². The maximum Gasteiger partial charge on any atom is 0.176 e. The van der Waals surface area contributed by atoms with Crippen molar-refractivity contribution in [3.05, 3.63) is 58.6 Å². The molecule has 2 rings (SSSR count). The molecule has 0 aliphatic carbocycles. The summed E-state index contributed by atoms with van der Waals surface area (Å²) in [5.74, 6) is 0.295. The summed E-state index contributed by atoms with van der Waals surface area (Å²) in [6, 6.07) is 12.9. The summed E-state index contributed by atoms with van der Waals surface area (Å²) in [7, 11) is 1.48. The number of ether oxygens (including phenoxy) is 1. The number of aryl methyl sites for hydroxylation is 1. The van der Waals surface area contributed by atoms with Crippen molar-refractivity contribution in [2.45, 2.75) is 18.9 Å². The summed E-state index contributed by atoms with van der Waals surface area (Å²) < 4.78 is 5.06. The molecule has 0 aliphatic heterocycles. The van der Waals surface area contributed by atoms with Crippen LogP contribution in [0.5, 0.6) is 11.5 Å². The molecule has 2 aromatic rings. The molecule has 0 fully saturated rings. The van der Waals surface area contributed by atoms with Crippen LogP contribution in [-0.4, -0.2) is 17.3 Å². The molecule has 1 unspecified atom stereocenters. The standard InChI is InChI=1S/C16H17ClO3/c1-20-15-10-11(9-13(17)16(15)19)7-8-14(18)12-5-3-2-4-6-12/h2-6,9-10,14,18-19H,7-8H2,1H3. The lowest BCUT2D eigenvalue weighted by Crippen LogP contribution is -1.99. The third kappa shape index (κ3) is 3.44. The van der Waals surface area contributed by atoms with Crippen LogP contribution >= 0.6 is 11.6 Å². The summed E-state index contributed by atoms with van der Waals surface area (Å²) in [6.45, 7) is 0. The Bertz CT molecular complexity index is 569. The lowest BCUT2D eigenvalue weighted by Gasteiger charge is -2.12. The predicted molar refractivity (Wildman–Crippen MR) is 79.4 cm³/mol. The largest absolute Gasteiger partial charge is 0.503 e. The van der Waals surface area contributed by atoms with Crippen LogP contribution in [-0.2, 0) is 6.42 Å². The van der Waals surface area contributed by atoms with Crippen molar-refractivity contribution >= 4 is 11.6 Å². The molecule has 20 heavy (non-hydrogen) atoms. The number of hydrogen-bond donors (Lipinski definition) is 2. The fraction of sp³-hybridized carbons (Fsp3) is 0.250. The van der Waals surface area contributed by atoms with Gasteiger partial charge >= 0.3 is 0 Å². The molecule has 0 radical (unpaired) electrons. The minimum absolute atomic E-state index is 0.0541. The Hall–Kier alpha value is -1.71. The van der Waals surface area contributed by atoms with Gasteiger partial charge in [0, 0.05) is 0 Å². The Balaban J connectivity index is 2.06. The van der Waals surface area contributed by atoms with E-state index in [9.17, 15) is 10.2 Å². The van der Waals surface area contributed by atoms with Crippen molar-refractivity contribution in [3.63, 3.8) is 0 Å². The van der Waals surface area contributed by atoms with Gasteiger partial charge in [-0.25, -0.2) is 0 Å². The number of benzene rings is 2. The summed E-state index contributed by atoms with van der Waals surface area (Å²) in [5.41, 5.74) is 1.81. The molecule has 1 atom stereocenters. The fourth-order valence-electron chi connectivity index (χ4n) is 2.07. The van der Waals surface area contributed by atoms with E-state index in [0.29, 0.717) is 18.6 Å². The first-order chi connectivity index (χ1) is 9.61. The van der Waals surface area contributed by atoms with E-state index in [1.165, 1.54) is 7.11 Å². The zero-order valence-electron chi connectivity index (χ0n) is 11.2. The van der Waals surface area contributed by atoms with Crippen LogP contribution in [0.4, 0.5) is 0 Å². The second kappa shape index (κ2) is 6.64. The maximum atomic E-state index is 10.1. The van der Waals surface area contributed by atoms with Gasteiger partial charge in [0.05, 0.1) is 18.2 Å². The SMILES string of the molecule is COc1cc(CCC(O)c2ccccc2)cc(Cl)c1O. The molecular weight excluding hydrogens is 276 g/mol. The topological polar surface area (TPSA) is 49.7 Å². The molecule has 0 saturated carbocycles. The second-order valence-corrected chi connectivity index (χ2v) is 5.00. The highest BCUT2D eigenvalue weighted by Crippen LogP contribution is 2.35.